The molecule has 0 unspecified atom stereocenters. The predicted octanol–water partition coefficient (Wildman–Crippen LogP) is 4.82. The number of hydrogen-bond donors (Lipinski definition) is 3. The van der Waals surface area contributed by atoms with Gasteiger partial charge in [-0.25, -0.2) is 8.42 Å². The van der Waals surface area contributed by atoms with Gasteiger partial charge in [0, 0.05) is 47.8 Å². The van der Waals surface area contributed by atoms with Gasteiger partial charge in [-0.1, -0.05) is 30.1 Å². The average Bonchev–Trinajstić information content (AvgIpc) is 2.96. The molecule has 2 aliphatic rings. The summed E-state index contributed by atoms with van der Waals surface area (Å²) in [4.78, 5) is 27.5. The molecule has 2 amide bonds. The molecule has 0 aromatic heterocycles. The lowest BCUT2D eigenvalue weighted by Gasteiger charge is -2.35. The summed E-state index contributed by atoms with van der Waals surface area (Å²) in [6.07, 6.45) is -1.63. The predicted molar refractivity (Wildman–Crippen MR) is 159 cm³/mol. The van der Waals surface area contributed by atoms with Crippen LogP contribution in [-0.2, 0) is 33.9 Å². The molecule has 0 aliphatic carbocycles. The quantitative estimate of drug-likeness (QED) is 0.356. The number of piperidine rings is 2. The number of sulfone groups is 1. The molecule has 0 bridgehead atoms. The van der Waals surface area contributed by atoms with E-state index in [-0.39, 0.29) is 68.3 Å². The van der Waals surface area contributed by atoms with Crippen molar-refractivity contribution in [3.05, 3.63) is 62.6 Å². The van der Waals surface area contributed by atoms with Crippen molar-refractivity contribution in [2.45, 2.75) is 62.8 Å². The summed E-state index contributed by atoms with van der Waals surface area (Å²) in [6.45, 7) is 3.52. The summed E-state index contributed by atoms with van der Waals surface area (Å²) in [7, 11) is -3.64. The van der Waals surface area contributed by atoms with Crippen LogP contribution in [0.15, 0.2) is 35.2 Å². The Morgan fingerprint density at radius 2 is 1.88 bits per heavy atom. The Morgan fingerprint density at radius 1 is 1.12 bits per heavy atom. The van der Waals surface area contributed by atoms with Crippen LogP contribution in [0.25, 0.3) is 0 Å². The fourth-order valence-electron chi connectivity index (χ4n) is 5.54. The van der Waals surface area contributed by atoms with E-state index >= 15 is 0 Å². The molecule has 0 spiro atoms. The molecule has 8 nitrogen and oxygen atoms in total. The van der Waals surface area contributed by atoms with Gasteiger partial charge in [0.15, 0.2) is 9.84 Å². The van der Waals surface area contributed by atoms with Crippen LogP contribution in [0.5, 0.6) is 0 Å². The van der Waals surface area contributed by atoms with Crippen molar-refractivity contribution in [3.63, 3.8) is 0 Å². The van der Waals surface area contributed by atoms with Crippen LogP contribution < -0.4 is 16.0 Å². The molecule has 14 heteroatoms. The minimum Gasteiger partial charge on any atom is -0.352 e. The Hall–Kier alpha value is -2.38. The first kappa shape index (κ1) is 33.5. The summed E-state index contributed by atoms with van der Waals surface area (Å²) >= 11 is 12.4. The van der Waals surface area contributed by atoms with E-state index in [0.717, 1.165) is 31.9 Å². The monoisotopic (exact) mass is 662 g/mol. The SMILES string of the molecule is CCS(=O)(=O)c1ccc(Cl)cc1CNC(=O)c1cc(Cl)c(CN2CCC[C@H](NC(=O)[C@H]3CCCNC3)C2)c(C(F)(F)F)c1. The molecule has 2 aromatic carbocycles. The number of nitrogens with zero attached hydrogens (tertiary/aromatic N) is 1. The first-order valence-corrected chi connectivity index (χ1v) is 16.6. The normalized spacial score (nSPS) is 20.0. The van der Waals surface area contributed by atoms with Crippen molar-refractivity contribution in [3.8, 4) is 0 Å². The van der Waals surface area contributed by atoms with Gasteiger partial charge in [-0.3, -0.25) is 14.5 Å². The zero-order valence-electron chi connectivity index (χ0n) is 23.7. The van der Waals surface area contributed by atoms with E-state index in [0.29, 0.717) is 26.1 Å². The van der Waals surface area contributed by atoms with Crippen molar-refractivity contribution in [1.82, 2.24) is 20.9 Å². The number of likely N-dealkylation sites (tertiary alicyclic amines) is 1. The Labute approximate surface area is 259 Å². The number of rotatable bonds is 9. The van der Waals surface area contributed by atoms with E-state index in [4.69, 9.17) is 23.2 Å². The molecule has 4 rings (SSSR count). The van der Waals surface area contributed by atoms with Gasteiger partial charge in [-0.15, -0.1) is 0 Å². The first-order chi connectivity index (χ1) is 20.3. The smallest absolute Gasteiger partial charge is 0.352 e. The average molecular weight is 664 g/mol. The molecule has 0 saturated carbocycles. The van der Waals surface area contributed by atoms with Gasteiger partial charge in [-0.05, 0) is 80.2 Å². The molecule has 0 radical (unpaired) electrons. The van der Waals surface area contributed by atoms with Gasteiger partial charge >= 0.3 is 6.18 Å². The molecule has 3 N–H and O–H groups in total. The Kier molecular flexibility index (Phi) is 11.0. The lowest BCUT2D eigenvalue weighted by atomic mass is 9.97. The highest BCUT2D eigenvalue weighted by Gasteiger charge is 2.36. The summed E-state index contributed by atoms with van der Waals surface area (Å²) in [5, 5.41) is 8.80. The van der Waals surface area contributed by atoms with E-state index in [9.17, 15) is 31.2 Å². The van der Waals surface area contributed by atoms with Crippen molar-refractivity contribution in [2.75, 3.05) is 31.9 Å². The van der Waals surface area contributed by atoms with Crippen molar-refractivity contribution in [1.29, 1.82) is 0 Å². The third-order valence-corrected chi connectivity index (χ3v) is 10.2. The molecule has 2 heterocycles. The van der Waals surface area contributed by atoms with Crippen molar-refractivity contribution in [2.24, 2.45) is 5.92 Å². The van der Waals surface area contributed by atoms with Gasteiger partial charge in [0.25, 0.3) is 5.91 Å². The van der Waals surface area contributed by atoms with Crippen LogP contribution in [0.3, 0.4) is 0 Å². The highest BCUT2D eigenvalue weighted by Crippen LogP contribution is 2.37. The summed E-state index contributed by atoms with van der Waals surface area (Å²) in [5.74, 6) is -1.18. The van der Waals surface area contributed by atoms with Crippen molar-refractivity contribution < 1.29 is 31.2 Å². The fourth-order valence-corrected chi connectivity index (χ4v) is 7.13. The van der Waals surface area contributed by atoms with Gasteiger partial charge in [0.2, 0.25) is 5.91 Å². The third-order valence-electron chi connectivity index (χ3n) is 7.84. The molecule has 43 heavy (non-hydrogen) atoms. The largest absolute Gasteiger partial charge is 0.416 e. The molecule has 2 aromatic rings. The van der Waals surface area contributed by atoms with E-state index in [2.05, 4.69) is 16.0 Å². The second kappa shape index (κ2) is 14.2. The van der Waals surface area contributed by atoms with Gasteiger partial charge < -0.3 is 16.0 Å². The number of benzene rings is 2. The van der Waals surface area contributed by atoms with Gasteiger partial charge in [-0.2, -0.15) is 13.2 Å². The summed E-state index contributed by atoms with van der Waals surface area (Å²) in [6, 6.07) is 5.90. The first-order valence-electron chi connectivity index (χ1n) is 14.2. The molecule has 2 atom stereocenters. The van der Waals surface area contributed by atoms with Crippen LogP contribution in [0.2, 0.25) is 10.0 Å². The molecule has 2 saturated heterocycles. The Bertz CT molecular complexity index is 1450. The maximum absolute atomic E-state index is 14.2. The number of carbonyl (C=O) groups is 2. The van der Waals surface area contributed by atoms with Crippen molar-refractivity contribution >= 4 is 44.9 Å². The number of nitrogens with one attached hydrogen (secondary N) is 3. The number of alkyl halides is 3. The zero-order valence-corrected chi connectivity index (χ0v) is 26.0. The lowest BCUT2D eigenvalue weighted by molar-refractivity contribution is -0.138. The number of amides is 2. The molecule has 2 fully saturated rings. The highest BCUT2D eigenvalue weighted by molar-refractivity contribution is 7.91. The van der Waals surface area contributed by atoms with Crippen LogP contribution in [0, 0.1) is 5.92 Å². The summed E-state index contributed by atoms with van der Waals surface area (Å²) < 4.78 is 67.7. The zero-order chi connectivity index (χ0) is 31.4. The fraction of sp³-hybridized carbons (Fsp3) is 0.517. The minimum atomic E-state index is -4.79. The van der Waals surface area contributed by atoms with Crippen LogP contribution >= 0.6 is 23.2 Å². The highest BCUT2D eigenvalue weighted by atomic mass is 35.5. The van der Waals surface area contributed by atoms with Gasteiger partial charge in [0.1, 0.15) is 0 Å². The number of hydrogen-bond acceptors (Lipinski definition) is 6. The summed E-state index contributed by atoms with van der Waals surface area (Å²) in [5.41, 5.74) is -1.28. The van der Waals surface area contributed by atoms with Crippen LogP contribution in [0.1, 0.15) is 59.7 Å². The molecule has 2 aliphatic heterocycles. The molecule has 236 valence electrons. The van der Waals surface area contributed by atoms with E-state index < -0.39 is 27.5 Å². The van der Waals surface area contributed by atoms with Crippen LogP contribution in [-0.4, -0.2) is 63.1 Å². The van der Waals surface area contributed by atoms with Gasteiger partial charge in [0.05, 0.1) is 22.1 Å². The number of carbonyl (C=O) groups excluding carboxylic acids is 2. The second-order valence-corrected chi connectivity index (χ2v) is 14.0. The van der Waals surface area contributed by atoms with E-state index in [1.165, 1.54) is 31.2 Å². The maximum atomic E-state index is 14.2. The Balaban J connectivity index is 1.49. The third kappa shape index (κ3) is 8.63. The second-order valence-electron chi connectivity index (χ2n) is 10.9. The van der Waals surface area contributed by atoms with E-state index in [1.54, 1.807) is 0 Å². The molecular formula is C29H35Cl2F3N4O4S. The van der Waals surface area contributed by atoms with E-state index in [1.807, 2.05) is 4.90 Å². The standard InChI is InChI=1S/C29H35Cl2F3N4O4S/c1-2-43(41,42)26-8-7-21(30)11-20(26)15-36-27(39)19-12-24(29(32,33)34)23(25(31)13-19)17-38-10-4-6-22(16-38)37-28(40)18-5-3-9-35-14-18/h7-8,11-13,18,22,35H,2-6,9-10,14-17H2,1H3,(H,36,39)(H,37,40)/t18-,22-/m0/s1. The van der Waals surface area contributed by atoms with Crippen LogP contribution in [0.4, 0.5) is 13.2 Å². The topological polar surface area (TPSA) is 108 Å². The molecular weight excluding hydrogens is 628 g/mol. The minimum absolute atomic E-state index is 0.0181. The Morgan fingerprint density at radius 3 is 2.56 bits per heavy atom. The lowest BCUT2D eigenvalue weighted by Crippen LogP contribution is -2.50. The maximum Gasteiger partial charge on any atom is 0.416 e. The number of halogens is 5.